The number of hydrogen-bond donors (Lipinski definition) is 4. The molecule has 6 rings (SSSR count). The SMILES string of the molecule is CCC(Sc1cccc(NC(=O)/C(=C\c2ccc(O)cc2OC)NC(=O)c2ccccc2)c1)C(=O)Nc1ccc2c(c1)c1ccccc1n2CC. The van der Waals surface area contributed by atoms with E-state index in [-0.39, 0.29) is 17.4 Å². The van der Waals surface area contributed by atoms with Crippen molar-refractivity contribution in [3.63, 3.8) is 0 Å². The van der Waals surface area contributed by atoms with Gasteiger partial charge in [-0.25, -0.2) is 0 Å². The van der Waals surface area contributed by atoms with Gasteiger partial charge in [0.25, 0.3) is 11.8 Å². The van der Waals surface area contributed by atoms with Crippen molar-refractivity contribution >= 4 is 68.7 Å². The number of aromatic nitrogens is 1. The zero-order chi connectivity index (χ0) is 35.9. The first-order valence-electron chi connectivity index (χ1n) is 16.6. The second-order valence-corrected chi connectivity index (χ2v) is 13.1. The van der Waals surface area contributed by atoms with Crippen LogP contribution in [0.15, 0.2) is 126 Å². The van der Waals surface area contributed by atoms with E-state index < -0.39 is 17.1 Å². The second-order valence-electron chi connectivity index (χ2n) is 11.8. The molecule has 0 aliphatic rings. The number of hydrogen-bond acceptors (Lipinski definition) is 6. The summed E-state index contributed by atoms with van der Waals surface area (Å²) >= 11 is 1.40. The number of carbonyl (C=O) groups excluding carboxylic acids is 3. The van der Waals surface area contributed by atoms with E-state index in [4.69, 9.17) is 4.74 Å². The van der Waals surface area contributed by atoms with Gasteiger partial charge in [-0.15, -0.1) is 11.8 Å². The summed E-state index contributed by atoms with van der Waals surface area (Å²) in [6, 6.07) is 34.6. The Morgan fingerprint density at radius 3 is 2.31 bits per heavy atom. The van der Waals surface area contributed by atoms with Gasteiger partial charge >= 0.3 is 0 Å². The number of rotatable bonds is 12. The molecular formula is C41H38N4O5S. The maximum Gasteiger partial charge on any atom is 0.272 e. The molecule has 9 nitrogen and oxygen atoms in total. The molecule has 258 valence electrons. The maximum absolute atomic E-state index is 13.7. The number of anilines is 2. The molecule has 10 heteroatoms. The monoisotopic (exact) mass is 698 g/mol. The van der Waals surface area contributed by atoms with Crippen LogP contribution in [0, 0.1) is 0 Å². The Kier molecular flexibility index (Phi) is 10.7. The minimum atomic E-state index is -0.568. The van der Waals surface area contributed by atoms with Crippen LogP contribution in [0.1, 0.15) is 36.2 Å². The molecule has 0 aliphatic heterocycles. The molecule has 1 unspecified atom stereocenters. The first-order valence-corrected chi connectivity index (χ1v) is 17.5. The van der Waals surface area contributed by atoms with Crippen molar-refractivity contribution in [1.82, 2.24) is 9.88 Å². The summed E-state index contributed by atoms with van der Waals surface area (Å²) in [6.07, 6.45) is 2.07. The van der Waals surface area contributed by atoms with Crippen LogP contribution in [-0.4, -0.2) is 39.8 Å². The van der Waals surface area contributed by atoms with E-state index in [9.17, 15) is 19.5 Å². The average Bonchev–Trinajstić information content (AvgIpc) is 3.47. The van der Waals surface area contributed by atoms with Crippen LogP contribution >= 0.6 is 11.8 Å². The molecule has 6 aromatic rings. The number of benzene rings is 5. The maximum atomic E-state index is 13.7. The van der Waals surface area contributed by atoms with Crippen molar-refractivity contribution in [3.8, 4) is 11.5 Å². The van der Waals surface area contributed by atoms with E-state index in [0.29, 0.717) is 29.0 Å². The predicted octanol–water partition coefficient (Wildman–Crippen LogP) is 8.45. The number of aryl methyl sites for hydroxylation is 1. The van der Waals surface area contributed by atoms with Gasteiger partial charge in [0.15, 0.2) is 0 Å². The molecule has 51 heavy (non-hydrogen) atoms. The van der Waals surface area contributed by atoms with Gasteiger partial charge < -0.3 is 30.4 Å². The van der Waals surface area contributed by atoms with Crippen molar-refractivity contribution in [2.24, 2.45) is 0 Å². The first kappa shape index (κ1) is 34.8. The Bertz CT molecular complexity index is 2260. The third kappa shape index (κ3) is 7.92. The Morgan fingerprint density at radius 1 is 0.804 bits per heavy atom. The van der Waals surface area contributed by atoms with Gasteiger partial charge in [0.1, 0.15) is 17.2 Å². The van der Waals surface area contributed by atoms with E-state index in [0.717, 1.165) is 38.9 Å². The van der Waals surface area contributed by atoms with Crippen LogP contribution in [0.2, 0.25) is 0 Å². The summed E-state index contributed by atoms with van der Waals surface area (Å²) in [4.78, 5) is 41.1. The van der Waals surface area contributed by atoms with Gasteiger partial charge in [0, 0.05) is 61.8 Å². The van der Waals surface area contributed by atoms with E-state index in [2.05, 4.69) is 45.6 Å². The lowest BCUT2D eigenvalue weighted by molar-refractivity contribution is -0.116. The standard InChI is InChI=1S/C41H38N4O5S/c1-4-38(41(49)43-29-19-21-36-33(24-29)32-16-9-10-17-35(32)45(36)5-2)51-31-15-11-14-28(23-31)42-40(48)34(44-39(47)26-12-7-6-8-13-26)22-27-18-20-30(46)25-37(27)50-3/h6-25,38,46H,4-5H2,1-3H3,(H,42,48)(H,43,49)(H,44,47)/b34-22+. The largest absolute Gasteiger partial charge is 0.508 e. The Hall–Kier alpha value is -6.00. The van der Waals surface area contributed by atoms with Gasteiger partial charge in [0.05, 0.1) is 12.4 Å². The molecule has 1 atom stereocenters. The molecule has 0 bridgehead atoms. The number of ether oxygens (including phenoxy) is 1. The number of fused-ring (bicyclic) bond motifs is 3. The van der Waals surface area contributed by atoms with Gasteiger partial charge in [0.2, 0.25) is 5.91 Å². The Labute approximate surface area is 300 Å². The number of thioether (sulfide) groups is 1. The fourth-order valence-electron chi connectivity index (χ4n) is 5.94. The molecule has 0 spiro atoms. The lowest BCUT2D eigenvalue weighted by Gasteiger charge is -2.16. The van der Waals surface area contributed by atoms with Crippen LogP contribution in [0.25, 0.3) is 27.9 Å². The number of para-hydroxylation sites is 1. The minimum Gasteiger partial charge on any atom is -0.508 e. The van der Waals surface area contributed by atoms with E-state index in [1.54, 1.807) is 54.6 Å². The average molecular weight is 699 g/mol. The van der Waals surface area contributed by atoms with Crippen LogP contribution in [-0.2, 0) is 16.1 Å². The number of phenolic OH excluding ortho intramolecular Hbond substituents is 1. The van der Waals surface area contributed by atoms with Gasteiger partial charge in [-0.1, -0.05) is 49.4 Å². The summed E-state index contributed by atoms with van der Waals surface area (Å²) in [7, 11) is 1.45. The molecule has 1 heterocycles. The lowest BCUT2D eigenvalue weighted by atomic mass is 10.1. The highest BCUT2D eigenvalue weighted by Crippen LogP contribution is 2.33. The minimum absolute atomic E-state index is 0.00179. The van der Waals surface area contributed by atoms with Crippen molar-refractivity contribution in [1.29, 1.82) is 0 Å². The molecule has 1 aromatic heterocycles. The summed E-state index contributed by atoms with van der Waals surface area (Å²) < 4.78 is 7.66. The number of nitrogens with one attached hydrogen (secondary N) is 3. The zero-order valence-electron chi connectivity index (χ0n) is 28.5. The fraction of sp³-hybridized carbons (Fsp3) is 0.146. The molecule has 4 N–H and O–H groups in total. The van der Waals surface area contributed by atoms with Crippen LogP contribution in [0.3, 0.4) is 0 Å². The quantitative estimate of drug-likeness (QED) is 0.0752. The van der Waals surface area contributed by atoms with Crippen molar-refractivity contribution < 1.29 is 24.2 Å². The number of methoxy groups -OCH3 is 1. The van der Waals surface area contributed by atoms with Gasteiger partial charge in [-0.3, -0.25) is 14.4 Å². The zero-order valence-corrected chi connectivity index (χ0v) is 29.3. The van der Waals surface area contributed by atoms with Crippen LogP contribution in [0.5, 0.6) is 11.5 Å². The molecule has 5 aromatic carbocycles. The number of phenols is 1. The third-order valence-corrected chi connectivity index (χ3v) is 9.79. The van der Waals surface area contributed by atoms with Crippen LogP contribution in [0.4, 0.5) is 11.4 Å². The van der Waals surface area contributed by atoms with Gasteiger partial charge in [-0.05, 0) is 86.2 Å². The summed E-state index contributed by atoms with van der Waals surface area (Å²) in [5.74, 6) is -0.832. The van der Waals surface area contributed by atoms with E-state index in [1.165, 1.54) is 37.1 Å². The number of nitrogens with zero attached hydrogens (tertiary/aromatic N) is 1. The number of amides is 3. The lowest BCUT2D eigenvalue weighted by Crippen LogP contribution is -2.30. The second kappa shape index (κ2) is 15.7. The molecule has 0 saturated carbocycles. The van der Waals surface area contributed by atoms with Crippen molar-refractivity contribution in [2.75, 3.05) is 17.7 Å². The summed E-state index contributed by atoms with van der Waals surface area (Å²) in [5, 5.41) is 20.5. The molecule has 0 fully saturated rings. The molecular weight excluding hydrogens is 661 g/mol. The van der Waals surface area contributed by atoms with E-state index >= 15 is 0 Å². The number of aromatic hydroxyl groups is 1. The Balaban J connectivity index is 1.19. The summed E-state index contributed by atoms with van der Waals surface area (Å²) in [5.41, 5.74) is 4.32. The highest BCUT2D eigenvalue weighted by molar-refractivity contribution is 8.00. The topological polar surface area (TPSA) is 122 Å². The first-order chi connectivity index (χ1) is 24.8. The third-order valence-electron chi connectivity index (χ3n) is 8.44. The van der Waals surface area contributed by atoms with Gasteiger partial charge in [-0.2, -0.15) is 0 Å². The highest BCUT2D eigenvalue weighted by atomic mass is 32.2. The molecule has 0 saturated heterocycles. The normalized spacial score (nSPS) is 12.0. The molecule has 0 radical (unpaired) electrons. The van der Waals surface area contributed by atoms with Crippen molar-refractivity contribution in [2.45, 2.75) is 37.0 Å². The molecule has 0 aliphatic carbocycles. The predicted molar refractivity (Wildman–Crippen MR) is 205 cm³/mol. The Morgan fingerprint density at radius 2 is 1.55 bits per heavy atom. The number of carbonyl (C=O) groups is 3. The molecule has 3 amide bonds. The van der Waals surface area contributed by atoms with Crippen molar-refractivity contribution in [3.05, 3.63) is 132 Å². The highest BCUT2D eigenvalue weighted by Gasteiger charge is 2.21. The fourth-order valence-corrected chi connectivity index (χ4v) is 6.96. The van der Waals surface area contributed by atoms with Crippen LogP contribution < -0.4 is 20.7 Å². The summed E-state index contributed by atoms with van der Waals surface area (Å²) in [6.45, 7) is 4.93. The van der Waals surface area contributed by atoms with E-state index in [1.807, 2.05) is 37.3 Å². The smallest absolute Gasteiger partial charge is 0.272 e.